The quantitative estimate of drug-likeness (QED) is 0.0248. The van der Waals surface area contributed by atoms with Gasteiger partial charge in [-0.1, -0.05) is 30.3 Å². The van der Waals surface area contributed by atoms with E-state index in [1.165, 1.54) is 6.20 Å². The van der Waals surface area contributed by atoms with Crippen molar-refractivity contribution < 1.29 is 102 Å². The topological polar surface area (TPSA) is 446 Å². The van der Waals surface area contributed by atoms with Crippen molar-refractivity contribution in [3.8, 4) is 0 Å². The summed E-state index contributed by atoms with van der Waals surface area (Å²) in [5.74, 6) is -8.28. The fourth-order valence-electron chi connectivity index (χ4n) is 5.77. The molecule has 0 radical (unpaired) electrons. The first kappa shape index (κ1) is 62.5. The number of aromatic nitrogens is 1. The minimum Gasteiger partial charge on any atom is -0.480 e. The zero-order chi connectivity index (χ0) is 53.8. The van der Waals surface area contributed by atoms with E-state index >= 15 is 0 Å². The number of amides is 4. The summed E-state index contributed by atoms with van der Waals surface area (Å²) in [6, 6.07) is 11.7. The number of nitrogens with zero attached hydrogens (tertiary/aromatic N) is 2. The van der Waals surface area contributed by atoms with Gasteiger partial charge >= 0.3 is 179 Å². The number of benzene rings is 2. The zero-order valence-corrected chi connectivity index (χ0v) is 40.5. The van der Waals surface area contributed by atoms with E-state index in [9.17, 15) is 58.2 Å². The van der Waals surface area contributed by atoms with Gasteiger partial charge in [0.05, 0.1) is 26.2 Å². The minimum absolute atomic E-state index is 0.0363. The van der Waals surface area contributed by atoms with E-state index in [2.05, 4.69) is 56.7 Å². The number of carboxylic acid groups (broad SMARTS) is 7. The van der Waals surface area contributed by atoms with E-state index in [0.29, 0.717) is 38.4 Å². The van der Waals surface area contributed by atoms with Gasteiger partial charge in [0.2, 0.25) is 0 Å². The third-order valence-electron chi connectivity index (χ3n) is 9.19. The summed E-state index contributed by atoms with van der Waals surface area (Å²) in [5, 5.41) is 82.4. The van der Waals surface area contributed by atoms with Crippen LogP contribution >= 0.6 is 0 Å². The molecule has 0 saturated heterocycles. The van der Waals surface area contributed by atoms with Crippen LogP contribution in [0.1, 0.15) is 48.0 Å². The van der Waals surface area contributed by atoms with Gasteiger partial charge in [-0.2, -0.15) is 0 Å². The third-order valence-corrected chi connectivity index (χ3v) is 9.40. The van der Waals surface area contributed by atoms with Gasteiger partial charge < -0.3 is 67.6 Å². The molecule has 0 spiro atoms. The Labute approximate surface area is 421 Å². The van der Waals surface area contributed by atoms with Crippen LogP contribution in [0.15, 0.2) is 64.5 Å². The first-order valence-electron chi connectivity index (χ1n) is 21.8. The molecule has 0 aliphatic rings. The molecule has 391 valence electrons. The number of fused-ring (bicyclic) bond motifs is 1. The second kappa shape index (κ2) is 36.4. The zero-order valence-electron chi connectivity index (χ0n) is 38.6. The van der Waals surface area contributed by atoms with Gasteiger partial charge in [0.25, 0.3) is 0 Å². The Balaban J connectivity index is 0.000000882. The molecule has 0 bridgehead atoms. The van der Waals surface area contributed by atoms with E-state index in [-0.39, 0.29) is 64.0 Å². The van der Waals surface area contributed by atoms with E-state index < -0.39 is 84.2 Å². The number of anilines is 1. The van der Waals surface area contributed by atoms with Crippen LogP contribution in [0.25, 0.3) is 10.8 Å². The minimum atomic E-state index is -1.52. The average Bonchev–Trinajstić information content (AvgIpc) is 3.32. The van der Waals surface area contributed by atoms with Crippen molar-refractivity contribution in [1.82, 2.24) is 47.5 Å². The number of unbranched alkanes of at least 4 members (excludes halogenated alkanes) is 1. The predicted molar refractivity (Wildman–Crippen MR) is 249 cm³/mol. The number of carbonyl (C=O) groups is 10. The molecule has 2 aromatic carbocycles. The van der Waals surface area contributed by atoms with Crippen LogP contribution in [0.2, 0.25) is 0 Å². The van der Waals surface area contributed by atoms with Gasteiger partial charge in [-0.3, -0.25) is 24.0 Å². The number of rotatable bonds is 33. The maximum atomic E-state index is 13.3. The number of carboxylic acids is 7. The maximum absolute atomic E-state index is 13.3. The fraction of sp³-hybridized carbons (Fsp3) is 0.419. The Morgan fingerprint density at radius 1 is 0.556 bits per heavy atom. The fourth-order valence-corrected chi connectivity index (χ4v) is 5.99. The molecule has 28 nitrogen and oxygen atoms in total. The van der Waals surface area contributed by atoms with Crippen LogP contribution in [-0.4, -0.2) is 177 Å². The van der Waals surface area contributed by atoms with Gasteiger partial charge in [0.15, 0.2) is 0 Å². The summed E-state index contributed by atoms with van der Waals surface area (Å²) in [5.41, 5.74) is 3.72. The summed E-state index contributed by atoms with van der Waals surface area (Å²) >= 11 is 1.76. The third kappa shape index (κ3) is 30.1. The molecular formula is C43H59N11O17Tc+4. The summed E-state index contributed by atoms with van der Waals surface area (Å²) in [4.78, 5) is 116. The second-order valence-electron chi connectivity index (χ2n) is 14.9. The van der Waals surface area contributed by atoms with Crippen LogP contribution in [0.3, 0.4) is 0 Å². The molecular weight excluding hydrogens is 1040 g/mol. The van der Waals surface area contributed by atoms with E-state index in [4.69, 9.17) is 25.5 Å². The average molecular weight is 1100 g/mol. The van der Waals surface area contributed by atoms with Crippen molar-refractivity contribution in [2.75, 3.05) is 64.3 Å². The molecule has 3 rings (SSSR count). The number of pyridine rings is 1. The number of aliphatic carboxylic acids is 7. The Hall–Kier alpha value is -7.56. The van der Waals surface area contributed by atoms with Crippen LogP contribution in [0.5, 0.6) is 0 Å². The molecule has 0 fully saturated rings. The number of hydrogen-bond donors (Lipinski definition) is 16. The van der Waals surface area contributed by atoms with Gasteiger partial charge in [0.1, 0.15) is 12.1 Å². The van der Waals surface area contributed by atoms with Gasteiger partial charge in [0, 0.05) is 32.6 Å². The number of hydrogen-bond acceptors (Lipinski definition) is 17. The Kier molecular flexibility index (Phi) is 31.6. The monoisotopic (exact) mass is 1100 g/mol. The Morgan fingerprint density at radius 2 is 1.07 bits per heavy atom. The van der Waals surface area contributed by atoms with Crippen molar-refractivity contribution >= 4 is 76.2 Å². The van der Waals surface area contributed by atoms with E-state index in [1.807, 2.05) is 42.5 Å². The molecule has 0 aliphatic heterocycles. The first-order valence-corrected chi connectivity index (χ1v) is 22.6. The van der Waals surface area contributed by atoms with Crippen LogP contribution < -0.4 is 48.0 Å². The standard InChI is InChI=1S/C31H35N7O9.2C6H12N2O4.Tc/c32-38-25-12-10-21(17-34-25)27(41)35-24(16-18-8-9-19-5-1-2-6-20(19)15-18)28(42)33-14-4-3-7-22(29(43)44)36-31(47)37-23(30(45)46)11-13-26(39)40;2*9-5(10)3-7-1-2-8-4-6(11)12;/h1-2,5-6,8-10,12,15,17,22-24H,3-4,7,11,13-14,16H2,(H,33,42)(H,34,38)(H,35,41)(H,39,40)(H,43,44)(H,45,46)(H2,36,37,47);2*7-8H,1-4H2,(H,9,10)(H,11,12);/q;;;+4. The van der Waals surface area contributed by atoms with Crippen molar-refractivity contribution in [2.24, 2.45) is 3.72 Å². The van der Waals surface area contributed by atoms with Gasteiger partial charge in [-0.05, 0) is 36.5 Å². The Morgan fingerprint density at radius 3 is 1.53 bits per heavy atom. The molecule has 4 amide bonds. The predicted octanol–water partition coefficient (Wildman–Crippen LogP) is -1.34. The number of carbonyl (C=O) groups excluding carboxylic acids is 3. The van der Waals surface area contributed by atoms with Crippen LogP contribution in [-0.2, 0) is 63.5 Å². The molecule has 0 aliphatic carbocycles. The van der Waals surface area contributed by atoms with Crippen molar-refractivity contribution in [2.45, 2.75) is 56.7 Å². The molecule has 3 unspecified atom stereocenters. The molecule has 3 aromatic rings. The second-order valence-corrected chi connectivity index (χ2v) is 15.4. The molecule has 3 atom stereocenters. The largest absolute Gasteiger partial charge is 0.480 e. The molecule has 16 N–H and O–H groups in total. The summed E-state index contributed by atoms with van der Waals surface area (Å²) < 4.78 is 3.74. The van der Waals surface area contributed by atoms with E-state index in [0.717, 1.165) is 16.3 Å². The van der Waals surface area contributed by atoms with Crippen molar-refractivity contribution in [1.29, 1.82) is 0 Å². The summed E-state index contributed by atoms with van der Waals surface area (Å²) in [6.45, 7) is 1.50. The van der Waals surface area contributed by atoms with Gasteiger partial charge in [-0.15, -0.1) is 0 Å². The molecule has 1 heterocycles. The molecule has 1 aromatic heterocycles. The van der Waals surface area contributed by atoms with Crippen molar-refractivity contribution in [3.05, 3.63) is 71.9 Å². The molecule has 29 heteroatoms. The van der Waals surface area contributed by atoms with Crippen LogP contribution in [0.4, 0.5) is 10.6 Å². The Bertz CT molecular complexity index is 2200. The maximum Gasteiger partial charge on any atom is 0.326 e. The first-order chi connectivity index (χ1) is 34.2. The smallest absolute Gasteiger partial charge is 0.326 e. The number of urea groups is 1. The summed E-state index contributed by atoms with van der Waals surface area (Å²) in [7, 11) is 0. The molecule has 72 heavy (non-hydrogen) atoms. The number of nitrogens with one attached hydrogen (secondary N) is 9. The van der Waals surface area contributed by atoms with Crippen molar-refractivity contribution in [3.63, 3.8) is 0 Å². The van der Waals surface area contributed by atoms with Crippen LogP contribution in [0, 0.1) is 0 Å². The SMILES string of the molecule is O=C(O)CCC(NC(=O)NC(CCCCNC(=O)C(Cc1ccc2ccccc2c1)NC(=O)c1ccc(N[N]=[Tc+4])nc1)C(=O)O)C(=O)O.O=C(O)CNCCNCC(=O)O.O=C(O)CNCCNCC(=O)O. The van der Waals surface area contributed by atoms with Gasteiger partial charge in [-0.25, -0.2) is 14.4 Å². The molecule has 0 saturated carbocycles. The normalized spacial score (nSPS) is 11.6. The van der Waals surface area contributed by atoms with E-state index in [1.54, 1.807) is 30.8 Å². The summed E-state index contributed by atoms with van der Waals surface area (Å²) in [6.07, 6.45) is 1.21.